The maximum absolute atomic E-state index is 11.2. The van der Waals surface area contributed by atoms with Crippen molar-refractivity contribution >= 4 is 7.60 Å². The van der Waals surface area contributed by atoms with E-state index < -0.39 is 7.60 Å². The zero-order valence-corrected chi connectivity index (χ0v) is 7.48. The maximum atomic E-state index is 11.2. The summed E-state index contributed by atoms with van der Waals surface area (Å²) in [4.78, 5) is 0. The van der Waals surface area contributed by atoms with Crippen molar-refractivity contribution in [2.75, 3.05) is 27.1 Å². The molecule has 0 aliphatic rings. The summed E-state index contributed by atoms with van der Waals surface area (Å²) in [5, 5.41) is 2.88. The molecule has 0 aromatic heterocycles. The minimum absolute atomic E-state index is 0.274. The van der Waals surface area contributed by atoms with Crippen LogP contribution in [0.4, 0.5) is 0 Å². The summed E-state index contributed by atoms with van der Waals surface area (Å²) in [6.07, 6.45) is 0.274. The minimum Gasteiger partial charge on any atom is -0.311 e. The third-order valence-electron chi connectivity index (χ3n) is 1.11. The van der Waals surface area contributed by atoms with Crippen LogP contribution in [0, 0.1) is 0 Å². The van der Waals surface area contributed by atoms with Crippen LogP contribution in [0.2, 0.25) is 0 Å². The van der Waals surface area contributed by atoms with Crippen molar-refractivity contribution in [3.05, 3.63) is 0 Å². The van der Waals surface area contributed by atoms with E-state index in [9.17, 15) is 4.57 Å². The van der Waals surface area contributed by atoms with Gasteiger partial charge in [-0.2, -0.15) is 0 Å². The molecule has 0 rings (SSSR count). The lowest BCUT2D eigenvalue weighted by Crippen LogP contribution is -2.15. The molecule has 0 aromatic rings. The first-order valence-electron chi connectivity index (χ1n) is 3.09. The molecule has 0 aliphatic heterocycles. The van der Waals surface area contributed by atoms with Crippen molar-refractivity contribution in [1.82, 2.24) is 5.32 Å². The zero-order chi connectivity index (χ0) is 8.04. The van der Waals surface area contributed by atoms with Gasteiger partial charge < -0.3 is 14.4 Å². The smallest absolute Gasteiger partial charge is 0.311 e. The summed E-state index contributed by atoms with van der Waals surface area (Å²) in [5.74, 6) is 0. The molecule has 0 fully saturated rings. The SMILES string of the molecule is CCNCP(=O)(OC)OC. The lowest BCUT2D eigenvalue weighted by molar-refractivity contribution is 0.273. The molecule has 0 heterocycles. The molecule has 0 saturated carbocycles. The maximum Gasteiger partial charge on any atom is 0.343 e. The highest BCUT2D eigenvalue weighted by Gasteiger charge is 2.18. The molecular weight excluding hydrogens is 153 g/mol. The van der Waals surface area contributed by atoms with Gasteiger partial charge in [-0.15, -0.1) is 0 Å². The standard InChI is InChI=1S/C5H14NO3P/c1-4-6-5-10(7,8-2)9-3/h6H,4-5H2,1-3H3. The van der Waals surface area contributed by atoms with E-state index >= 15 is 0 Å². The Kier molecular flexibility index (Phi) is 4.91. The molecule has 0 radical (unpaired) electrons. The van der Waals surface area contributed by atoms with Gasteiger partial charge >= 0.3 is 7.60 Å². The second-order valence-electron chi connectivity index (χ2n) is 1.74. The van der Waals surface area contributed by atoms with E-state index in [-0.39, 0.29) is 6.29 Å². The molecule has 0 unspecified atom stereocenters. The average Bonchev–Trinajstić information content (AvgIpc) is 2.00. The van der Waals surface area contributed by atoms with E-state index in [0.717, 1.165) is 6.54 Å². The Morgan fingerprint density at radius 1 is 1.40 bits per heavy atom. The van der Waals surface area contributed by atoms with E-state index in [4.69, 9.17) is 0 Å². The highest BCUT2D eigenvalue weighted by atomic mass is 31.2. The van der Waals surface area contributed by atoms with Crippen LogP contribution < -0.4 is 5.32 Å². The Morgan fingerprint density at radius 3 is 2.20 bits per heavy atom. The summed E-state index contributed by atoms with van der Waals surface area (Å²) >= 11 is 0. The monoisotopic (exact) mass is 167 g/mol. The van der Waals surface area contributed by atoms with Crippen molar-refractivity contribution in [3.8, 4) is 0 Å². The van der Waals surface area contributed by atoms with Gasteiger partial charge in [-0.3, -0.25) is 4.57 Å². The quantitative estimate of drug-likeness (QED) is 0.621. The van der Waals surface area contributed by atoms with Gasteiger partial charge in [0.15, 0.2) is 0 Å². The van der Waals surface area contributed by atoms with Crippen LogP contribution in [0.15, 0.2) is 0 Å². The van der Waals surface area contributed by atoms with Crippen LogP contribution in [-0.2, 0) is 13.6 Å². The molecule has 0 atom stereocenters. The largest absolute Gasteiger partial charge is 0.343 e. The first-order chi connectivity index (χ1) is 4.68. The number of hydrogen-bond donors (Lipinski definition) is 1. The highest BCUT2D eigenvalue weighted by molar-refractivity contribution is 7.53. The second-order valence-corrected chi connectivity index (χ2v) is 4.01. The summed E-state index contributed by atoms with van der Waals surface area (Å²) in [5.41, 5.74) is 0. The molecule has 0 aromatic carbocycles. The molecule has 10 heavy (non-hydrogen) atoms. The number of hydrogen-bond acceptors (Lipinski definition) is 4. The normalized spacial score (nSPS) is 11.9. The van der Waals surface area contributed by atoms with Gasteiger partial charge in [0, 0.05) is 14.2 Å². The molecule has 5 heteroatoms. The molecule has 0 saturated heterocycles. The van der Waals surface area contributed by atoms with Crippen LogP contribution in [-0.4, -0.2) is 27.1 Å². The van der Waals surface area contributed by atoms with Crippen molar-refractivity contribution in [3.63, 3.8) is 0 Å². The van der Waals surface area contributed by atoms with Gasteiger partial charge in [0.25, 0.3) is 0 Å². The van der Waals surface area contributed by atoms with Crippen LogP contribution in [0.3, 0.4) is 0 Å². The van der Waals surface area contributed by atoms with Gasteiger partial charge in [0.2, 0.25) is 0 Å². The van der Waals surface area contributed by atoms with Gasteiger partial charge in [-0.1, -0.05) is 6.92 Å². The average molecular weight is 167 g/mol. The summed E-state index contributed by atoms with van der Waals surface area (Å²) in [6.45, 7) is 2.69. The van der Waals surface area contributed by atoms with E-state index in [2.05, 4.69) is 14.4 Å². The van der Waals surface area contributed by atoms with E-state index in [1.807, 2.05) is 6.92 Å². The zero-order valence-electron chi connectivity index (χ0n) is 6.59. The third-order valence-corrected chi connectivity index (χ3v) is 2.84. The first-order valence-corrected chi connectivity index (χ1v) is 4.82. The highest BCUT2D eigenvalue weighted by Crippen LogP contribution is 2.44. The lowest BCUT2D eigenvalue weighted by atomic mass is 10.8. The van der Waals surface area contributed by atoms with E-state index in [0.29, 0.717) is 0 Å². The Balaban J connectivity index is 3.70. The molecule has 0 aliphatic carbocycles. The molecule has 0 amide bonds. The van der Waals surface area contributed by atoms with Crippen molar-refractivity contribution in [2.45, 2.75) is 6.92 Å². The van der Waals surface area contributed by atoms with Crippen LogP contribution in [0.25, 0.3) is 0 Å². The lowest BCUT2D eigenvalue weighted by Gasteiger charge is -2.12. The van der Waals surface area contributed by atoms with Crippen LogP contribution in [0.5, 0.6) is 0 Å². The molecule has 1 N–H and O–H groups in total. The van der Waals surface area contributed by atoms with Crippen molar-refractivity contribution in [1.29, 1.82) is 0 Å². The number of rotatable bonds is 5. The van der Waals surface area contributed by atoms with Gasteiger partial charge in [0.05, 0.1) is 6.29 Å². The molecule has 62 valence electrons. The first kappa shape index (κ1) is 10.1. The fourth-order valence-corrected chi connectivity index (χ4v) is 1.36. The van der Waals surface area contributed by atoms with Crippen molar-refractivity contribution in [2.24, 2.45) is 0 Å². The van der Waals surface area contributed by atoms with Crippen molar-refractivity contribution < 1.29 is 13.6 Å². The molecule has 0 bridgehead atoms. The minimum atomic E-state index is -2.81. The fraction of sp³-hybridized carbons (Fsp3) is 1.00. The second kappa shape index (κ2) is 4.85. The Hall–Kier alpha value is 0.110. The summed E-state index contributed by atoms with van der Waals surface area (Å²) in [6, 6.07) is 0. The molecule has 0 spiro atoms. The topological polar surface area (TPSA) is 47.6 Å². The Labute approximate surface area is 61.4 Å². The Morgan fingerprint density at radius 2 is 1.90 bits per heavy atom. The van der Waals surface area contributed by atoms with Gasteiger partial charge in [-0.05, 0) is 6.54 Å². The fourth-order valence-electron chi connectivity index (χ4n) is 0.452. The van der Waals surface area contributed by atoms with Crippen LogP contribution in [0.1, 0.15) is 6.92 Å². The van der Waals surface area contributed by atoms with Gasteiger partial charge in [0.1, 0.15) is 0 Å². The molecular formula is C5H14NO3P. The predicted molar refractivity (Wildman–Crippen MR) is 40.2 cm³/mol. The van der Waals surface area contributed by atoms with Gasteiger partial charge in [-0.25, -0.2) is 0 Å². The summed E-state index contributed by atoms with van der Waals surface area (Å²) < 4.78 is 20.5. The predicted octanol–water partition coefficient (Wildman–Crippen LogP) is 1.04. The Bertz CT molecular complexity index is 120. The molecule has 4 nitrogen and oxygen atoms in total. The van der Waals surface area contributed by atoms with E-state index in [1.165, 1.54) is 14.2 Å². The van der Waals surface area contributed by atoms with E-state index in [1.54, 1.807) is 0 Å². The third kappa shape index (κ3) is 3.32. The summed E-state index contributed by atoms with van der Waals surface area (Å²) in [7, 11) is -0.0556. The van der Waals surface area contributed by atoms with Crippen LogP contribution >= 0.6 is 7.60 Å². The number of nitrogens with one attached hydrogen (secondary N) is 1.